The molecule has 3 nitrogen and oxygen atoms in total. The van der Waals surface area contributed by atoms with Gasteiger partial charge in [0.1, 0.15) is 0 Å². The van der Waals surface area contributed by atoms with Crippen molar-refractivity contribution in [2.24, 2.45) is 0 Å². The number of hydrogen-bond acceptors (Lipinski definition) is 5. The van der Waals surface area contributed by atoms with E-state index in [1.54, 1.807) is 12.4 Å². The van der Waals surface area contributed by atoms with E-state index in [2.05, 4.69) is 52.5 Å². The van der Waals surface area contributed by atoms with E-state index in [0.717, 1.165) is 22.8 Å². The van der Waals surface area contributed by atoms with Gasteiger partial charge in [-0.05, 0) is 0 Å². The molecule has 2 rings (SSSR count). The van der Waals surface area contributed by atoms with E-state index in [1.807, 2.05) is 0 Å². The highest BCUT2D eigenvalue weighted by Crippen LogP contribution is 2.19. The summed E-state index contributed by atoms with van der Waals surface area (Å²) < 4.78 is 1.15. The van der Waals surface area contributed by atoms with Crippen molar-refractivity contribution in [3.63, 3.8) is 0 Å². The molecule has 0 radical (unpaired) electrons. The molecule has 0 unspecified atom stereocenters. The molecule has 0 aliphatic carbocycles. The van der Waals surface area contributed by atoms with Crippen LogP contribution in [0.3, 0.4) is 0 Å². The minimum atomic E-state index is 0.577. The van der Waals surface area contributed by atoms with Gasteiger partial charge in [-0.1, -0.05) is 23.2 Å². The first kappa shape index (κ1) is 16.3. The first-order chi connectivity index (χ1) is 8.24. The van der Waals surface area contributed by atoms with Crippen molar-refractivity contribution in [3.8, 4) is 0 Å². The molecule has 0 bridgehead atoms. The van der Waals surface area contributed by atoms with Crippen LogP contribution >= 0.6 is 83.1 Å². The number of rotatable bonds is 4. The van der Waals surface area contributed by atoms with Crippen LogP contribution in [0.1, 0.15) is 9.75 Å². The number of halogens is 4. The predicted octanol–water partition coefficient (Wildman–Crippen LogP) is 4.97. The van der Waals surface area contributed by atoms with Gasteiger partial charge in [0.2, 0.25) is 0 Å². The number of thiazole rings is 2. The monoisotopic (exact) mass is 533 g/mol. The Morgan fingerprint density at radius 3 is 1.71 bits per heavy atom. The normalized spacial score (nSPS) is 9.88. The number of nitrogens with one attached hydrogen (secondary N) is 1. The lowest BCUT2D eigenvalue weighted by atomic mass is 10.5. The number of nitrogens with zero attached hydrogens (tertiary/aromatic N) is 2. The summed E-state index contributed by atoms with van der Waals surface area (Å²) in [5.41, 5.74) is 0. The molecule has 0 saturated heterocycles. The van der Waals surface area contributed by atoms with Crippen LogP contribution in [-0.4, -0.2) is 9.97 Å². The molecular formula is C8H7Cl2I2N3S2. The molecule has 9 heteroatoms. The maximum absolute atomic E-state index is 5.71. The topological polar surface area (TPSA) is 37.8 Å². The van der Waals surface area contributed by atoms with Gasteiger partial charge in [0.05, 0.1) is 0 Å². The largest absolute Gasteiger partial charge is 0.307 e. The van der Waals surface area contributed by atoms with Crippen LogP contribution < -0.4 is 5.32 Å². The van der Waals surface area contributed by atoms with Gasteiger partial charge in [-0.2, -0.15) is 0 Å². The summed E-state index contributed by atoms with van der Waals surface area (Å²) in [5.74, 6) is 0. The van der Waals surface area contributed by atoms with Gasteiger partial charge < -0.3 is 5.32 Å². The fraction of sp³-hybridized carbons (Fsp3) is 0.250. The predicted molar refractivity (Wildman–Crippen MR) is 92.8 cm³/mol. The molecule has 2 heterocycles. The fourth-order valence-electron chi connectivity index (χ4n) is 1.04. The summed E-state index contributed by atoms with van der Waals surface area (Å²) in [6.07, 6.45) is 3.55. The third-order valence-corrected chi connectivity index (χ3v) is 3.88. The van der Waals surface area contributed by atoms with Crippen LogP contribution in [0.4, 0.5) is 0 Å². The Morgan fingerprint density at radius 1 is 1.00 bits per heavy atom. The fourth-order valence-corrected chi connectivity index (χ4v) is 2.93. The Kier molecular flexibility index (Phi) is 8.84. The molecule has 0 fully saturated rings. The number of aromatic nitrogens is 2. The lowest BCUT2D eigenvalue weighted by Crippen LogP contribution is -2.10. The first-order valence-electron chi connectivity index (χ1n) is 4.29. The summed E-state index contributed by atoms with van der Waals surface area (Å²) in [4.78, 5) is 10.2. The van der Waals surface area contributed by atoms with Crippen LogP contribution in [-0.2, 0) is 13.1 Å². The van der Waals surface area contributed by atoms with E-state index in [9.17, 15) is 0 Å². The average Bonchev–Trinajstić information content (AvgIpc) is 2.91. The lowest BCUT2D eigenvalue weighted by Gasteiger charge is -1.98. The van der Waals surface area contributed by atoms with E-state index < -0.39 is 0 Å². The maximum atomic E-state index is 5.71. The third-order valence-electron chi connectivity index (χ3n) is 1.65. The molecule has 94 valence electrons. The van der Waals surface area contributed by atoms with Crippen molar-refractivity contribution in [2.75, 3.05) is 0 Å². The molecular weight excluding hydrogens is 527 g/mol. The quantitative estimate of drug-likeness (QED) is 0.564. The molecule has 0 aliphatic rings. The van der Waals surface area contributed by atoms with Gasteiger partial charge in [-0.25, -0.2) is 9.97 Å². The third kappa shape index (κ3) is 6.30. The van der Waals surface area contributed by atoms with Gasteiger partial charge in [0, 0.05) is 72.5 Å². The van der Waals surface area contributed by atoms with Crippen molar-refractivity contribution >= 4 is 83.1 Å². The molecule has 0 spiro atoms. The van der Waals surface area contributed by atoms with E-state index in [0.29, 0.717) is 8.93 Å². The van der Waals surface area contributed by atoms with Crippen LogP contribution in [0.5, 0.6) is 0 Å². The molecule has 17 heavy (non-hydrogen) atoms. The van der Waals surface area contributed by atoms with Crippen LogP contribution in [0.2, 0.25) is 8.93 Å². The van der Waals surface area contributed by atoms with E-state index >= 15 is 0 Å². The van der Waals surface area contributed by atoms with Crippen molar-refractivity contribution < 1.29 is 0 Å². The van der Waals surface area contributed by atoms with Crippen molar-refractivity contribution in [2.45, 2.75) is 13.1 Å². The molecule has 0 atom stereocenters. The molecule has 2 aromatic heterocycles. The minimum absolute atomic E-state index is 0.577. The summed E-state index contributed by atoms with van der Waals surface area (Å²) in [6, 6.07) is 0. The Balaban J connectivity index is 0.000000686. The Bertz CT molecular complexity index is 409. The van der Waals surface area contributed by atoms with Gasteiger partial charge in [-0.15, -0.1) is 22.7 Å². The zero-order chi connectivity index (χ0) is 12.7. The lowest BCUT2D eigenvalue weighted by molar-refractivity contribution is 0.707. The second-order valence-electron chi connectivity index (χ2n) is 2.76. The maximum Gasteiger partial charge on any atom is 0.183 e. The number of hydrogen-bond donors (Lipinski definition) is 1. The highest BCUT2D eigenvalue weighted by atomic mass is 128. The van der Waals surface area contributed by atoms with Gasteiger partial charge in [0.25, 0.3) is 0 Å². The van der Waals surface area contributed by atoms with Crippen LogP contribution in [0.25, 0.3) is 0 Å². The standard InChI is InChI=1S/C8H7Cl2N3S2.I2/c9-7-12-3-5(14-7)1-11-2-6-4-13-8(10)15-6;1-2/h3-4,11H,1-2H2;. The van der Waals surface area contributed by atoms with Crippen LogP contribution in [0.15, 0.2) is 12.4 Å². The van der Waals surface area contributed by atoms with Crippen molar-refractivity contribution in [1.82, 2.24) is 15.3 Å². The molecule has 0 aromatic carbocycles. The Hall–Kier alpha value is 1.26. The SMILES string of the molecule is Clc1ncc(CNCc2cnc(Cl)s2)s1.II. The Morgan fingerprint density at radius 2 is 1.41 bits per heavy atom. The Labute approximate surface area is 141 Å². The van der Waals surface area contributed by atoms with Crippen molar-refractivity contribution in [3.05, 3.63) is 31.1 Å². The highest BCUT2D eigenvalue weighted by Gasteiger charge is 2.01. The molecule has 0 aliphatic heterocycles. The van der Waals surface area contributed by atoms with E-state index in [1.165, 1.54) is 22.7 Å². The highest BCUT2D eigenvalue weighted by molar-refractivity contribution is 15.0. The summed E-state index contributed by atoms with van der Waals surface area (Å²) in [5, 5.41) is 3.27. The average molecular weight is 534 g/mol. The second-order valence-corrected chi connectivity index (χ2v) is 6.16. The van der Waals surface area contributed by atoms with Gasteiger partial charge >= 0.3 is 0 Å². The summed E-state index contributed by atoms with van der Waals surface area (Å²) >= 11 is 18.6. The summed E-state index contributed by atoms with van der Waals surface area (Å²) in [7, 11) is 0. The first-order valence-corrected chi connectivity index (χ1v) is 13.0. The van der Waals surface area contributed by atoms with Gasteiger partial charge in [-0.3, -0.25) is 0 Å². The zero-order valence-electron chi connectivity index (χ0n) is 8.29. The molecule has 1 N–H and O–H groups in total. The summed E-state index contributed by atoms with van der Waals surface area (Å²) in [6.45, 7) is 1.53. The molecule has 0 amide bonds. The van der Waals surface area contributed by atoms with Crippen LogP contribution in [0, 0.1) is 0 Å². The zero-order valence-corrected chi connectivity index (χ0v) is 15.8. The molecule has 0 saturated carbocycles. The smallest absolute Gasteiger partial charge is 0.183 e. The minimum Gasteiger partial charge on any atom is -0.307 e. The van der Waals surface area contributed by atoms with E-state index in [4.69, 9.17) is 23.2 Å². The molecule has 2 aromatic rings. The van der Waals surface area contributed by atoms with Gasteiger partial charge in [0.15, 0.2) is 8.93 Å². The van der Waals surface area contributed by atoms with E-state index in [-0.39, 0.29) is 0 Å². The second kappa shape index (κ2) is 9.21. The van der Waals surface area contributed by atoms with Crippen molar-refractivity contribution in [1.29, 1.82) is 0 Å².